The van der Waals surface area contributed by atoms with Crippen LogP contribution in [0.3, 0.4) is 0 Å². The fourth-order valence-corrected chi connectivity index (χ4v) is 4.67. The van der Waals surface area contributed by atoms with E-state index < -0.39 is 16.1 Å². The zero-order chi connectivity index (χ0) is 18.6. The van der Waals surface area contributed by atoms with Crippen LogP contribution in [0.15, 0.2) is 18.2 Å². The first kappa shape index (κ1) is 19.8. The van der Waals surface area contributed by atoms with E-state index in [-0.39, 0.29) is 11.9 Å². The number of sulfonamides is 1. The van der Waals surface area contributed by atoms with Crippen molar-refractivity contribution in [2.45, 2.75) is 71.4 Å². The van der Waals surface area contributed by atoms with E-state index in [1.807, 2.05) is 32.9 Å². The van der Waals surface area contributed by atoms with Gasteiger partial charge in [0.25, 0.3) is 0 Å². The van der Waals surface area contributed by atoms with Crippen molar-refractivity contribution in [2.75, 3.05) is 10.6 Å². The van der Waals surface area contributed by atoms with Gasteiger partial charge in [-0.15, -0.1) is 0 Å². The molecule has 1 saturated carbocycles. The van der Waals surface area contributed by atoms with E-state index in [9.17, 15) is 13.2 Å². The summed E-state index contributed by atoms with van der Waals surface area (Å²) >= 11 is 0. The van der Waals surface area contributed by atoms with Crippen LogP contribution < -0.4 is 9.62 Å². The zero-order valence-electron chi connectivity index (χ0n) is 15.7. The Morgan fingerprint density at radius 2 is 1.84 bits per heavy atom. The van der Waals surface area contributed by atoms with E-state index >= 15 is 0 Å². The van der Waals surface area contributed by atoms with Gasteiger partial charge >= 0.3 is 0 Å². The van der Waals surface area contributed by atoms with E-state index in [0.29, 0.717) is 12.1 Å². The van der Waals surface area contributed by atoms with E-state index in [1.165, 1.54) is 17.0 Å². The SMILES string of the molecule is CCC(C(=O)NC1CCCCC1)N(c1ccc(C)c(C)c1)S(C)(=O)=O. The molecular weight excluding hydrogens is 336 g/mol. The lowest BCUT2D eigenvalue weighted by molar-refractivity contribution is -0.123. The average Bonchev–Trinajstić information content (AvgIpc) is 2.55. The molecule has 0 spiro atoms. The summed E-state index contributed by atoms with van der Waals surface area (Å²) in [6, 6.07) is 4.96. The number of nitrogens with zero attached hydrogens (tertiary/aromatic N) is 1. The highest BCUT2D eigenvalue weighted by atomic mass is 32.2. The maximum atomic E-state index is 12.8. The first-order chi connectivity index (χ1) is 11.7. The Labute approximate surface area is 151 Å². The molecule has 25 heavy (non-hydrogen) atoms. The standard InChI is InChI=1S/C19H30N2O3S/c1-5-18(19(22)20-16-9-7-6-8-10-16)21(25(4,23)24)17-12-11-14(2)15(3)13-17/h11-13,16,18H,5-10H2,1-4H3,(H,20,22). The Hall–Kier alpha value is -1.56. The third kappa shape index (κ3) is 4.97. The van der Waals surface area contributed by atoms with Crippen LogP contribution in [0.2, 0.25) is 0 Å². The van der Waals surface area contributed by atoms with Crippen LogP contribution in [0.1, 0.15) is 56.6 Å². The smallest absolute Gasteiger partial charge is 0.244 e. The summed E-state index contributed by atoms with van der Waals surface area (Å²) < 4.78 is 26.2. The first-order valence-corrected chi connectivity index (χ1v) is 11.0. The third-order valence-electron chi connectivity index (χ3n) is 5.03. The number of carbonyl (C=O) groups excluding carboxylic acids is 1. The Morgan fingerprint density at radius 3 is 2.36 bits per heavy atom. The van der Waals surface area contributed by atoms with E-state index in [4.69, 9.17) is 0 Å². The molecule has 0 radical (unpaired) electrons. The summed E-state index contributed by atoms with van der Waals surface area (Å²) in [6.45, 7) is 5.78. The molecular formula is C19H30N2O3S. The van der Waals surface area contributed by atoms with E-state index in [1.54, 1.807) is 6.07 Å². The second kappa shape index (κ2) is 8.21. The van der Waals surface area contributed by atoms with Gasteiger partial charge in [0.15, 0.2) is 0 Å². The van der Waals surface area contributed by atoms with Crippen molar-refractivity contribution in [2.24, 2.45) is 0 Å². The summed E-state index contributed by atoms with van der Waals surface area (Å²) in [6.07, 6.45) is 7.00. The van der Waals surface area contributed by atoms with Crippen LogP contribution in [0.4, 0.5) is 5.69 Å². The topological polar surface area (TPSA) is 66.5 Å². The van der Waals surface area contributed by atoms with Crippen LogP contribution in [0.5, 0.6) is 0 Å². The van der Waals surface area contributed by atoms with Gasteiger partial charge in [0, 0.05) is 6.04 Å². The maximum Gasteiger partial charge on any atom is 0.244 e. The summed E-state index contributed by atoms with van der Waals surface area (Å²) in [7, 11) is -3.57. The van der Waals surface area contributed by atoms with Crippen LogP contribution in [0, 0.1) is 13.8 Å². The predicted octanol–water partition coefficient (Wildman–Crippen LogP) is 3.30. The predicted molar refractivity (Wildman–Crippen MR) is 102 cm³/mol. The van der Waals surface area contributed by atoms with Crippen LogP contribution in [-0.2, 0) is 14.8 Å². The van der Waals surface area contributed by atoms with Gasteiger partial charge in [-0.25, -0.2) is 8.42 Å². The first-order valence-electron chi connectivity index (χ1n) is 9.11. The lowest BCUT2D eigenvalue weighted by Gasteiger charge is -2.32. The molecule has 0 saturated heterocycles. The number of aryl methyl sites for hydroxylation is 2. The van der Waals surface area contributed by atoms with E-state index in [2.05, 4.69) is 5.32 Å². The monoisotopic (exact) mass is 366 g/mol. The Morgan fingerprint density at radius 1 is 1.20 bits per heavy atom. The molecule has 0 bridgehead atoms. The lowest BCUT2D eigenvalue weighted by Crippen LogP contribution is -2.51. The van der Waals surface area contributed by atoms with Crippen molar-refractivity contribution in [1.29, 1.82) is 0 Å². The van der Waals surface area contributed by atoms with Gasteiger partial charge < -0.3 is 5.32 Å². The Kier molecular flexibility index (Phi) is 6.49. The highest BCUT2D eigenvalue weighted by Crippen LogP contribution is 2.25. The molecule has 1 aliphatic rings. The van der Waals surface area contributed by atoms with Gasteiger partial charge in [-0.3, -0.25) is 9.10 Å². The van der Waals surface area contributed by atoms with Crippen LogP contribution >= 0.6 is 0 Å². The molecule has 1 fully saturated rings. The number of nitrogens with one attached hydrogen (secondary N) is 1. The number of benzene rings is 1. The van der Waals surface area contributed by atoms with Crippen LogP contribution in [0.25, 0.3) is 0 Å². The third-order valence-corrected chi connectivity index (χ3v) is 6.21. The summed E-state index contributed by atoms with van der Waals surface area (Å²) in [5.41, 5.74) is 2.65. The van der Waals surface area contributed by atoms with Gasteiger partial charge in [-0.05, 0) is 56.4 Å². The largest absolute Gasteiger partial charge is 0.352 e. The molecule has 0 heterocycles. The number of carbonyl (C=O) groups is 1. The molecule has 1 aromatic rings. The van der Waals surface area contributed by atoms with Crippen molar-refractivity contribution in [3.8, 4) is 0 Å². The molecule has 0 aromatic heterocycles. The van der Waals surface area contributed by atoms with Crippen molar-refractivity contribution >= 4 is 21.6 Å². The average molecular weight is 367 g/mol. The van der Waals surface area contributed by atoms with Crippen molar-refractivity contribution in [1.82, 2.24) is 5.32 Å². The molecule has 1 unspecified atom stereocenters. The fourth-order valence-electron chi connectivity index (χ4n) is 3.47. The lowest BCUT2D eigenvalue weighted by atomic mass is 9.95. The summed E-state index contributed by atoms with van der Waals surface area (Å²) in [4.78, 5) is 12.8. The molecule has 0 aliphatic heterocycles. The van der Waals surface area contributed by atoms with Gasteiger partial charge in [-0.1, -0.05) is 32.3 Å². The molecule has 1 N–H and O–H groups in total. The minimum absolute atomic E-state index is 0.163. The molecule has 1 aromatic carbocycles. The molecule has 1 atom stereocenters. The van der Waals surface area contributed by atoms with Gasteiger partial charge in [0.2, 0.25) is 15.9 Å². The van der Waals surface area contributed by atoms with E-state index in [0.717, 1.165) is 36.8 Å². The van der Waals surface area contributed by atoms with Crippen LogP contribution in [-0.4, -0.2) is 32.7 Å². The van der Waals surface area contributed by atoms with Crippen molar-refractivity contribution in [3.05, 3.63) is 29.3 Å². The fraction of sp³-hybridized carbons (Fsp3) is 0.632. The quantitative estimate of drug-likeness (QED) is 0.840. The highest BCUT2D eigenvalue weighted by Gasteiger charge is 2.32. The summed E-state index contributed by atoms with van der Waals surface area (Å²) in [5, 5.41) is 3.07. The number of hydrogen-bond acceptors (Lipinski definition) is 3. The van der Waals surface area contributed by atoms with Crippen molar-refractivity contribution in [3.63, 3.8) is 0 Å². The van der Waals surface area contributed by atoms with Gasteiger partial charge in [0.05, 0.1) is 11.9 Å². The number of anilines is 1. The molecule has 140 valence electrons. The van der Waals surface area contributed by atoms with Gasteiger partial charge in [-0.2, -0.15) is 0 Å². The number of hydrogen-bond donors (Lipinski definition) is 1. The van der Waals surface area contributed by atoms with Crippen molar-refractivity contribution < 1.29 is 13.2 Å². The molecule has 1 amide bonds. The summed E-state index contributed by atoms with van der Waals surface area (Å²) in [5.74, 6) is -0.196. The normalized spacial score (nSPS) is 17.1. The second-order valence-electron chi connectivity index (χ2n) is 7.09. The molecule has 5 nitrogen and oxygen atoms in total. The highest BCUT2D eigenvalue weighted by molar-refractivity contribution is 7.92. The van der Waals surface area contributed by atoms with Gasteiger partial charge in [0.1, 0.15) is 6.04 Å². The maximum absolute atomic E-state index is 12.8. The minimum atomic E-state index is -3.57. The molecule has 1 aliphatic carbocycles. The second-order valence-corrected chi connectivity index (χ2v) is 8.95. The minimum Gasteiger partial charge on any atom is -0.352 e. The zero-order valence-corrected chi connectivity index (χ0v) is 16.5. The Bertz CT molecular complexity index is 709. The molecule has 6 heteroatoms. The number of amides is 1. The number of rotatable bonds is 6. The Balaban J connectivity index is 2.30. The molecule has 2 rings (SSSR count).